The Morgan fingerprint density at radius 3 is 2.35 bits per heavy atom. The van der Waals surface area contributed by atoms with Crippen LogP contribution in [0.2, 0.25) is 0 Å². The Bertz CT molecular complexity index is 1340. The number of hydrogen-bond acceptors (Lipinski definition) is 5. The van der Waals surface area contributed by atoms with Gasteiger partial charge in [0.15, 0.2) is 11.6 Å². The van der Waals surface area contributed by atoms with Crippen LogP contribution in [0.4, 0.5) is 0 Å². The molecule has 0 radical (unpaired) electrons. The Morgan fingerprint density at radius 2 is 1.67 bits per heavy atom. The van der Waals surface area contributed by atoms with Gasteiger partial charge in [0.05, 0.1) is 5.57 Å². The summed E-state index contributed by atoms with van der Waals surface area (Å²) in [5.41, 5.74) is 0.0347. The number of nitrogens with zero attached hydrogens (tertiary/aromatic N) is 2. The molecule has 0 bridgehead atoms. The molecule has 1 heterocycles. The van der Waals surface area contributed by atoms with Crippen molar-refractivity contribution in [1.29, 1.82) is 5.26 Å². The second kappa shape index (κ2) is 9.87. The summed E-state index contributed by atoms with van der Waals surface area (Å²) >= 11 is 0. The lowest BCUT2D eigenvalue weighted by Crippen LogP contribution is -2.64. The highest BCUT2D eigenvalue weighted by molar-refractivity contribution is 6.04. The molecule has 234 valence electrons. The highest BCUT2D eigenvalue weighted by Gasteiger charge is 2.69. The van der Waals surface area contributed by atoms with Crippen LogP contribution in [0.25, 0.3) is 0 Å². The summed E-state index contributed by atoms with van der Waals surface area (Å²) in [5.74, 6) is 0.713. The van der Waals surface area contributed by atoms with Gasteiger partial charge in [0.2, 0.25) is 5.91 Å². The number of hydrogen-bond donors (Lipinski definition) is 1. The van der Waals surface area contributed by atoms with Crippen LogP contribution in [-0.4, -0.2) is 48.6 Å². The van der Waals surface area contributed by atoms with E-state index in [4.69, 9.17) is 0 Å². The van der Waals surface area contributed by atoms with Gasteiger partial charge in [0, 0.05) is 49.3 Å². The SMILES string of the molecule is CC1(C)CC[C@]2(CCC(=O)N3CCNCC3)CC[C@]3(C)C(C(=O)C=C4[C@@]5(C)C=C(C#N)C(=O)C(C)(C)[C@@H]5CC[C@]43C)C2C1. The number of piperazine rings is 1. The van der Waals surface area contributed by atoms with Gasteiger partial charge >= 0.3 is 0 Å². The maximum Gasteiger partial charge on any atom is 0.222 e. The average molecular weight is 588 g/mol. The molecule has 0 spiro atoms. The molecule has 1 N–H and O–H groups in total. The van der Waals surface area contributed by atoms with Gasteiger partial charge in [-0.15, -0.1) is 0 Å². The monoisotopic (exact) mass is 587 g/mol. The molecule has 4 fully saturated rings. The van der Waals surface area contributed by atoms with E-state index in [-0.39, 0.29) is 62.5 Å². The minimum atomic E-state index is -0.649. The highest BCUT2D eigenvalue weighted by atomic mass is 16.2. The number of ketones is 2. The lowest BCUT2D eigenvalue weighted by molar-refractivity contribution is -0.173. The summed E-state index contributed by atoms with van der Waals surface area (Å²) in [5, 5.41) is 13.3. The Morgan fingerprint density at radius 1 is 1.00 bits per heavy atom. The minimum Gasteiger partial charge on any atom is -0.340 e. The smallest absolute Gasteiger partial charge is 0.222 e. The highest BCUT2D eigenvalue weighted by Crippen LogP contribution is 2.75. The van der Waals surface area contributed by atoms with E-state index in [1.807, 2.05) is 30.9 Å². The van der Waals surface area contributed by atoms with Crippen molar-refractivity contribution in [1.82, 2.24) is 10.2 Å². The molecule has 6 rings (SSSR count). The largest absolute Gasteiger partial charge is 0.340 e. The predicted molar refractivity (Wildman–Crippen MR) is 168 cm³/mol. The van der Waals surface area contributed by atoms with Crippen LogP contribution in [0, 0.1) is 61.6 Å². The summed E-state index contributed by atoms with van der Waals surface area (Å²) in [6, 6.07) is 2.22. The number of carbonyl (C=O) groups excluding carboxylic acids is 3. The molecular formula is C37H53N3O3. The zero-order valence-corrected chi connectivity index (χ0v) is 27.7. The van der Waals surface area contributed by atoms with E-state index in [0.717, 1.165) is 83.1 Å². The molecule has 7 atom stereocenters. The number of nitrogens with one attached hydrogen (secondary N) is 1. The fraction of sp³-hybridized carbons (Fsp3) is 0.784. The molecule has 0 aromatic carbocycles. The molecule has 0 aromatic heterocycles. The first kappa shape index (κ1) is 30.8. The fourth-order valence-corrected chi connectivity index (χ4v) is 11.6. The summed E-state index contributed by atoms with van der Waals surface area (Å²) in [6.45, 7) is 19.0. The number of allylic oxidation sites excluding steroid dienone is 4. The number of rotatable bonds is 3. The third-order valence-electron chi connectivity index (χ3n) is 14.3. The van der Waals surface area contributed by atoms with E-state index in [1.54, 1.807) is 0 Å². The van der Waals surface area contributed by atoms with E-state index in [0.29, 0.717) is 6.42 Å². The van der Waals surface area contributed by atoms with Gasteiger partial charge in [0.1, 0.15) is 6.07 Å². The van der Waals surface area contributed by atoms with Gasteiger partial charge < -0.3 is 10.2 Å². The molecule has 1 amide bonds. The molecule has 1 aliphatic heterocycles. The van der Waals surface area contributed by atoms with Gasteiger partial charge in [-0.1, -0.05) is 60.1 Å². The molecule has 43 heavy (non-hydrogen) atoms. The van der Waals surface area contributed by atoms with Crippen molar-refractivity contribution in [3.63, 3.8) is 0 Å². The van der Waals surface area contributed by atoms with Crippen molar-refractivity contribution >= 4 is 17.5 Å². The molecule has 5 aliphatic carbocycles. The van der Waals surface area contributed by atoms with Crippen molar-refractivity contribution < 1.29 is 14.4 Å². The van der Waals surface area contributed by atoms with Crippen molar-refractivity contribution in [3.8, 4) is 6.07 Å². The molecule has 2 unspecified atom stereocenters. The molecule has 6 heteroatoms. The molecular weight excluding hydrogens is 534 g/mol. The summed E-state index contributed by atoms with van der Waals surface area (Å²) in [4.78, 5) is 43.4. The maximum absolute atomic E-state index is 14.7. The number of Topliss-reactive ketones (excluding diaryl/α,β-unsaturated/α-hetero) is 1. The lowest BCUT2D eigenvalue weighted by Gasteiger charge is -2.69. The Balaban J connectivity index is 1.40. The average Bonchev–Trinajstić information content (AvgIpc) is 2.95. The number of carbonyl (C=O) groups is 3. The molecule has 6 nitrogen and oxygen atoms in total. The standard InChI is InChI=1S/C37H53N3O3/c1-32(2)12-14-37(11-9-29(42)40-18-16-39-17-19-40)15-13-36(7)30(25(37)22-32)26(41)20-28-34(5)21-24(23-38)31(43)33(3,4)27(34)8-10-35(28,36)6/h20-21,25,27,30,39H,8-19,22H2,1-7H3/t25?,27-,30?,34-,35+,36+,37+/m0/s1. The molecule has 0 aromatic rings. The third-order valence-corrected chi connectivity index (χ3v) is 14.3. The second-order valence-corrected chi connectivity index (χ2v) is 17.3. The maximum atomic E-state index is 14.7. The first-order chi connectivity index (χ1) is 20.0. The van der Waals surface area contributed by atoms with Crippen LogP contribution in [0.15, 0.2) is 23.3 Å². The minimum absolute atomic E-state index is 0.0228. The first-order valence-electron chi connectivity index (χ1n) is 17.0. The van der Waals surface area contributed by atoms with Crippen LogP contribution >= 0.6 is 0 Å². The Hall–Kier alpha value is -2.26. The van der Waals surface area contributed by atoms with Crippen molar-refractivity contribution in [2.75, 3.05) is 26.2 Å². The van der Waals surface area contributed by atoms with E-state index in [9.17, 15) is 19.6 Å². The van der Waals surface area contributed by atoms with Gasteiger partial charge in [-0.2, -0.15) is 5.26 Å². The van der Waals surface area contributed by atoms with Crippen LogP contribution in [0.1, 0.15) is 106 Å². The normalized spacial score (nSPS) is 43.2. The zero-order chi connectivity index (χ0) is 31.2. The van der Waals surface area contributed by atoms with Crippen LogP contribution in [0.3, 0.4) is 0 Å². The van der Waals surface area contributed by atoms with E-state index < -0.39 is 10.8 Å². The molecule has 6 aliphatic rings. The van der Waals surface area contributed by atoms with E-state index >= 15 is 0 Å². The van der Waals surface area contributed by atoms with Gasteiger partial charge in [-0.25, -0.2) is 0 Å². The number of amides is 1. The van der Waals surface area contributed by atoms with Gasteiger partial charge in [-0.05, 0) is 90.9 Å². The topological polar surface area (TPSA) is 90.3 Å². The van der Waals surface area contributed by atoms with Crippen LogP contribution < -0.4 is 5.32 Å². The summed E-state index contributed by atoms with van der Waals surface area (Å²) < 4.78 is 0. The predicted octanol–water partition coefficient (Wildman–Crippen LogP) is 6.42. The first-order valence-corrected chi connectivity index (χ1v) is 17.0. The van der Waals surface area contributed by atoms with Crippen molar-refractivity contribution in [3.05, 3.63) is 23.3 Å². The molecule has 1 saturated heterocycles. The van der Waals surface area contributed by atoms with Crippen molar-refractivity contribution in [2.24, 2.45) is 50.2 Å². The summed E-state index contributed by atoms with van der Waals surface area (Å²) in [6.07, 6.45) is 12.6. The van der Waals surface area contributed by atoms with Crippen LogP contribution in [0.5, 0.6) is 0 Å². The van der Waals surface area contributed by atoms with Gasteiger partial charge in [-0.3, -0.25) is 14.4 Å². The Labute approximate surface area is 259 Å². The van der Waals surface area contributed by atoms with E-state index in [2.05, 4.69) is 46.0 Å². The lowest BCUT2D eigenvalue weighted by atomic mass is 9.34. The van der Waals surface area contributed by atoms with Gasteiger partial charge in [0.25, 0.3) is 0 Å². The number of nitriles is 1. The Kier molecular flexibility index (Phi) is 7.06. The fourth-order valence-electron chi connectivity index (χ4n) is 11.6. The van der Waals surface area contributed by atoms with Crippen LogP contribution in [-0.2, 0) is 14.4 Å². The quantitative estimate of drug-likeness (QED) is 0.412. The number of fused-ring (bicyclic) bond motifs is 7. The zero-order valence-electron chi connectivity index (χ0n) is 27.7. The second-order valence-electron chi connectivity index (χ2n) is 17.3. The molecule has 3 saturated carbocycles. The van der Waals surface area contributed by atoms with E-state index in [1.165, 1.54) is 0 Å². The third kappa shape index (κ3) is 4.30. The van der Waals surface area contributed by atoms with Crippen molar-refractivity contribution in [2.45, 2.75) is 106 Å². The summed E-state index contributed by atoms with van der Waals surface area (Å²) in [7, 11) is 0.